The molecule has 0 aliphatic rings. The van der Waals surface area contributed by atoms with Gasteiger partial charge in [-0.05, 0) is 42.0 Å². The van der Waals surface area contributed by atoms with Crippen LogP contribution in [0.15, 0.2) is 71.5 Å². The van der Waals surface area contributed by atoms with Gasteiger partial charge in [0.05, 0.1) is 13.4 Å². The molecule has 1 aromatic carbocycles. The number of benzene rings is 1. The number of aromatic nitrogens is 4. The summed E-state index contributed by atoms with van der Waals surface area (Å²) in [5.41, 5.74) is 1.57. The number of hydrogen-bond donors (Lipinski definition) is 1. The Bertz CT molecular complexity index is 1060. The van der Waals surface area contributed by atoms with Gasteiger partial charge in [-0.15, -0.1) is 5.10 Å². The van der Waals surface area contributed by atoms with Gasteiger partial charge in [0.2, 0.25) is 11.8 Å². The maximum atomic E-state index is 12.8. The highest BCUT2D eigenvalue weighted by Gasteiger charge is 2.20. The molecule has 0 saturated carbocycles. The molecule has 28 heavy (non-hydrogen) atoms. The number of furan rings is 1. The van der Waals surface area contributed by atoms with E-state index in [4.69, 9.17) is 9.15 Å². The number of anilines is 1. The average Bonchev–Trinajstić information content (AvgIpc) is 3.43. The molecular weight excluding hydrogens is 358 g/mol. The van der Waals surface area contributed by atoms with E-state index in [0.717, 1.165) is 11.3 Å². The Morgan fingerprint density at radius 3 is 2.68 bits per heavy atom. The number of methoxy groups -OCH3 is 1. The van der Waals surface area contributed by atoms with Crippen LogP contribution in [0.1, 0.15) is 16.1 Å². The van der Waals surface area contributed by atoms with Crippen molar-refractivity contribution >= 4 is 11.9 Å². The summed E-state index contributed by atoms with van der Waals surface area (Å²) < 4.78 is 11.6. The van der Waals surface area contributed by atoms with E-state index in [1.54, 1.807) is 37.6 Å². The zero-order valence-corrected chi connectivity index (χ0v) is 15.1. The zero-order chi connectivity index (χ0) is 19.3. The summed E-state index contributed by atoms with van der Waals surface area (Å²) in [7, 11) is 1.62. The second-order valence-electron chi connectivity index (χ2n) is 5.87. The van der Waals surface area contributed by atoms with Crippen molar-refractivity contribution in [1.82, 2.24) is 19.7 Å². The molecular formula is C20H17N5O3. The summed E-state index contributed by atoms with van der Waals surface area (Å²) in [5, 5.41) is 7.49. The van der Waals surface area contributed by atoms with Crippen LogP contribution >= 0.6 is 0 Å². The number of nitrogens with zero attached hydrogens (tertiary/aromatic N) is 4. The standard InChI is InChI=1S/C20H17N5O3/c1-27-15-9-7-14(8-10-15)13-22-20-23-18(16-5-2-3-11-21-16)24-25(20)19(26)17-6-4-12-28-17/h2-12H,13H2,1H3,(H,22,23,24). The molecule has 0 aliphatic heterocycles. The minimum absolute atomic E-state index is 0.171. The van der Waals surface area contributed by atoms with Crippen LogP contribution < -0.4 is 10.1 Å². The van der Waals surface area contributed by atoms with Gasteiger partial charge in [0, 0.05) is 12.7 Å². The second-order valence-corrected chi connectivity index (χ2v) is 5.87. The van der Waals surface area contributed by atoms with Crippen LogP contribution in [0.5, 0.6) is 5.75 Å². The molecule has 3 aromatic heterocycles. The van der Waals surface area contributed by atoms with E-state index in [1.807, 2.05) is 30.3 Å². The minimum atomic E-state index is -0.420. The first-order valence-electron chi connectivity index (χ1n) is 8.58. The molecule has 1 N–H and O–H groups in total. The Kier molecular flexibility index (Phi) is 4.83. The summed E-state index contributed by atoms with van der Waals surface area (Å²) in [4.78, 5) is 21.5. The van der Waals surface area contributed by atoms with Gasteiger partial charge in [0.25, 0.3) is 0 Å². The molecule has 0 saturated heterocycles. The van der Waals surface area contributed by atoms with E-state index < -0.39 is 5.91 Å². The number of nitrogens with one attached hydrogen (secondary N) is 1. The SMILES string of the molecule is COc1ccc(CNc2nc(-c3ccccn3)nn2C(=O)c2ccco2)cc1. The van der Waals surface area contributed by atoms with Gasteiger partial charge in [-0.1, -0.05) is 18.2 Å². The molecule has 0 unspecified atom stereocenters. The lowest BCUT2D eigenvalue weighted by molar-refractivity contribution is 0.0919. The number of carbonyl (C=O) groups is 1. The molecule has 0 radical (unpaired) electrons. The third-order valence-corrected chi connectivity index (χ3v) is 4.04. The van der Waals surface area contributed by atoms with E-state index in [1.165, 1.54) is 10.9 Å². The average molecular weight is 375 g/mol. The lowest BCUT2D eigenvalue weighted by atomic mass is 10.2. The van der Waals surface area contributed by atoms with Crippen molar-refractivity contribution in [3.8, 4) is 17.3 Å². The Labute approximate surface area is 160 Å². The third kappa shape index (κ3) is 3.61. The highest BCUT2D eigenvalue weighted by Crippen LogP contribution is 2.18. The summed E-state index contributed by atoms with van der Waals surface area (Å²) in [6.45, 7) is 0.454. The number of hydrogen-bond acceptors (Lipinski definition) is 7. The number of rotatable bonds is 6. The van der Waals surface area contributed by atoms with Crippen molar-refractivity contribution in [3.05, 3.63) is 78.4 Å². The molecule has 8 nitrogen and oxygen atoms in total. The molecule has 0 fully saturated rings. The zero-order valence-electron chi connectivity index (χ0n) is 15.1. The monoisotopic (exact) mass is 375 g/mol. The Morgan fingerprint density at radius 2 is 2.00 bits per heavy atom. The van der Waals surface area contributed by atoms with E-state index >= 15 is 0 Å². The highest BCUT2D eigenvalue weighted by atomic mass is 16.5. The predicted molar refractivity (Wildman–Crippen MR) is 102 cm³/mol. The van der Waals surface area contributed by atoms with Crippen LogP contribution in [0, 0.1) is 0 Å². The van der Waals surface area contributed by atoms with E-state index in [-0.39, 0.29) is 5.76 Å². The molecule has 0 aliphatic carbocycles. The molecule has 0 atom stereocenters. The van der Waals surface area contributed by atoms with Crippen molar-refractivity contribution in [3.63, 3.8) is 0 Å². The lowest BCUT2D eigenvalue weighted by Crippen LogP contribution is -2.17. The summed E-state index contributed by atoms with van der Waals surface area (Å²) in [6, 6.07) is 16.3. The highest BCUT2D eigenvalue weighted by molar-refractivity contribution is 5.94. The summed E-state index contributed by atoms with van der Waals surface area (Å²) in [5.74, 6) is 1.18. The fourth-order valence-electron chi connectivity index (χ4n) is 2.60. The van der Waals surface area contributed by atoms with Crippen molar-refractivity contribution < 1.29 is 13.9 Å². The minimum Gasteiger partial charge on any atom is -0.497 e. The van der Waals surface area contributed by atoms with Gasteiger partial charge in [-0.25, -0.2) is 0 Å². The molecule has 8 heteroatoms. The van der Waals surface area contributed by atoms with Gasteiger partial charge < -0.3 is 14.5 Å². The molecule has 3 heterocycles. The lowest BCUT2D eigenvalue weighted by Gasteiger charge is -2.07. The summed E-state index contributed by atoms with van der Waals surface area (Å²) in [6.07, 6.45) is 3.09. The Hall–Kier alpha value is -3.94. The van der Waals surface area contributed by atoms with Crippen molar-refractivity contribution in [2.75, 3.05) is 12.4 Å². The largest absolute Gasteiger partial charge is 0.497 e. The molecule has 0 spiro atoms. The normalized spacial score (nSPS) is 10.6. The van der Waals surface area contributed by atoms with Gasteiger partial charge in [-0.3, -0.25) is 9.78 Å². The number of pyridine rings is 1. The molecule has 0 bridgehead atoms. The molecule has 4 aromatic rings. The van der Waals surface area contributed by atoms with Crippen molar-refractivity contribution in [2.24, 2.45) is 0 Å². The smallest absolute Gasteiger partial charge is 0.317 e. The molecule has 140 valence electrons. The maximum Gasteiger partial charge on any atom is 0.317 e. The Morgan fingerprint density at radius 1 is 1.14 bits per heavy atom. The molecule has 4 rings (SSSR count). The van der Waals surface area contributed by atoms with Crippen LogP contribution in [-0.2, 0) is 6.54 Å². The second kappa shape index (κ2) is 7.75. The Balaban J connectivity index is 1.63. The predicted octanol–water partition coefficient (Wildman–Crippen LogP) is 3.24. The van der Waals surface area contributed by atoms with Crippen LogP contribution in [0.3, 0.4) is 0 Å². The van der Waals surface area contributed by atoms with Gasteiger partial charge in [0.15, 0.2) is 5.76 Å². The van der Waals surface area contributed by atoms with Crippen LogP contribution in [0.25, 0.3) is 11.5 Å². The summed E-state index contributed by atoms with van der Waals surface area (Å²) >= 11 is 0. The number of carbonyl (C=O) groups excluding carboxylic acids is 1. The van der Waals surface area contributed by atoms with Crippen LogP contribution in [0.2, 0.25) is 0 Å². The van der Waals surface area contributed by atoms with Crippen molar-refractivity contribution in [1.29, 1.82) is 0 Å². The van der Waals surface area contributed by atoms with Crippen LogP contribution in [-0.4, -0.2) is 32.8 Å². The van der Waals surface area contributed by atoms with E-state index in [2.05, 4.69) is 20.4 Å². The fraction of sp³-hybridized carbons (Fsp3) is 0.100. The van der Waals surface area contributed by atoms with Crippen LogP contribution in [0.4, 0.5) is 5.95 Å². The van der Waals surface area contributed by atoms with Gasteiger partial charge in [0.1, 0.15) is 11.4 Å². The quantitative estimate of drug-likeness (QED) is 0.553. The van der Waals surface area contributed by atoms with Gasteiger partial charge in [-0.2, -0.15) is 9.67 Å². The van der Waals surface area contributed by atoms with Crippen molar-refractivity contribution in [2.45, 2.75) is 6.54 Å². The number of ether oxygens (including phenoxy) is 1. The van der Waals surface area contributed by atoms with Gasteiger partial charge >= 0.3 is 5.91 Å². The first-order chi connectivity index (χ1) is 13.7. The maximum absolute atomic E-state index is 12.8. The fourth-order valence-corrected chi connectivity index (χ4v) is 2.60. The first-order valence-corrected chi connectivity index (χ1v) is 8.58. The van der Waals surface area contributed by atoms with E-state index in [9.17, 15) is 4.79 Å². The first kappa shape index (κ1) is 17.5. The molecule has 0 amide bonds. The third-order valence-electron chi connectivity index (χ3n) is 4.04. The topological polar surface area (TPSA) is 95.1 Å². The van der Waals surface area contributed by atoms with E-state index in [0.29, 0.717) is 24.0 Å².